The van der Waals surface area contributed by atoms with E-state index >= 15 is 0 Å². The van der Waals surface area contributed by atoms with Gasteiger partial charge in [0.1, 0.15) is 5.75 Å². The first-order chi connectivity index (χ1) is 12.0. The second kappa shape index (κ2) is 8.89. The number of alkyl carbamates (subject to hydrolysis) is 1. The molecule has 25 heavy (non-hydrogen) atoms. The lowest BCUT2D eigenvalue weighted by Crippen LogP contribution is -2.24. The highest BCUT2D eigenvalue weighted by Gasteiger charge is 2.10. The van der Waals surface area contributed by atoms with Crippen molar-refractivity contribution in [3.8, 4) is 5.75 Å². The molecule has 1 aromatic heterocycles. The van der Waals surface area contributed by atoms with Crippen LogP contribution in [-0.4, -0.2) is 30.7 Å². The average Bonchev–Trinajstić information content (AvgIpc) is 2.60. The average molecular weight is 364 g/mol. The van der Waals surface area contributed by atoms with Gasteiger partial charge in [0.25, 0.3) is 5.91 Å². The van der Waals surface area contributed by atoms with Crippen LogP contribution in [0.4, 0.5) is 10.5 Å². The van der Waals surface area contributed by atoms with E-state index in [1.165, 1.54) is 13.3 Å². The van der Waals surface area contributed by atoms with Crippen molar-refractivity contribution in [3.05, 3.63) is 52.8 Å². The standard InChI is InChI=1S/C17H18ClN3O4/c1-3-25-17(23)20-10-13-8-11(6-7-19-13)16(22)21-12-4-5-15(24-2)14(18)9-12/h4-9H,3,10H2,1-2H3,(H,20,23)(H,21,22). The Labute approximate surface area is 150 Å². The molecule has 0 aliphatic heterocycles. The molecular weight excluding hydrogens is 346 g/mol. The second-order valence-electron chi connectivity index (χ2n) is 4.91. The maximum Gasteiger partial charge on any atom is 0.407 e. The van der Waals surface area contributed by atoms with Crippen LogP contribution in [0.2, 0.25) is 5.02 Å². The molecule has 1 aromatic carbocycles. The zero-order chi connectivity index (χ0) is 18.2. The molecule has 0 saturated carbocycles. The van der Waals surface area contributed by atoms with Crippen LogP contribution in [0.25, 0.3) is 0 Å². The molecule has 0 radical (unpaired) electrons. The highest BCUT2D eigenvalue weighted by Crippen LogP contribution is 2.27. The number of pyridine rings is 1. The fourth-order valence-electron chi connectivity index (χ4n) is 2.01. The van der Waals surface area contributed by atoms with E-state index in [4.69, 9.17) is 21.1 Å². The van der Waals surface area contributed by atoms with E-state index in [1.807, 2.05) is 0 Å². The molecule has 0 atom stereocenters. The fourth-order valence-corrected chi connectivity index (χ4v) is 2.27. The number of rotatable bonds is 6. The Morgan fingerprint density at radius 3 is 2.72 bits per heavy atom. The first-order valence-corrected chi connectivity index (χ1v) is 7.91. The summed E-state index contributed by atoms with van der Waals surface area (Å²) in [6, 6.07) is 8.12. The van der Waals surface area contributed by atoms with Crippen LogP contribution in [0.5, 0.6) is 5.75 Å². The summed E-state index contributed by atoms with van der Waals surface area (Å²) in [4.78, 5) is 27.8. The van der Waals surface area contributed by atoms with Crippen molar-refractivity contribution in [1.29, 1.82) is 0 Å². The predicted molar refractivity (Wildman–Crippen MR) is 94.1 cm³/mol. The number of methoxy groups -OCH3 is 1. The molecule has 0 aliphatic rings. The van der Waals surface area contributed by atoms with Gasteiger partial charge in [-0.05, 0) is 37.3 Å². The van der Waals surface area contributed by atoms with Gasteiger partial charge in [-0.2, -0.15) is 0 Å². The van der Waals surface area contributed by atoms with Crippen molar-refractivity contribution >= 4 is 29.3 Å². The number of hydrogen-bond donors (Lipinski definition) is 2. The molecule has 0 bridgehead atoms. The summed E-state index contributed by atoms with van der Waals surface area (Å²) < 4.78 is 9.84. The third-order valence-electron chi connectivity index (χ3n) is 3.18. The van der Waals surface area contributed by atoms with E-state index in [9.17, 15) is 9.59 Å². The van der Waals surface area contributed by atoms with Crippen LogP contribution < -0.4 is 15.4 Å². The topological polar surface area (TPSA) is 89.5 Å². The number of ether oxygens (including phenoxy) is 2. The molecule has 8 heteroatoms. The van der Waals surface area contributed by atoms with E-state index in [0.717, 1.165) is 0 Å². The zero-order valence-corrected chi connectivity index (χ0v) is 14.6. The van der Waals surface area contributed by atoms with Gasteiger partial charge in [-0.25, -0.2) is 4.79 Å². The molecule has 7 nitrogen and oxygen atoms in total. The smallest absolute Gasteiger partial charge is 0.407 e. The zero-order valence-electron chi connectivity index (χ0n) is 13.8. The summed E-state index contributed by atoms with van der Waals surface area (Å²) in [6.07, 6.45) is 0.963. The minimum Gasteiger partial charge on any atom is -0.495 e. The van der Waals surface area contributed by atoms with Crippen molar-refractivity contribution < 1.29 is 19.1 Å². The van der Waals surface area contributed by atoms with Crippen molar-refractivity contribution in [1.82, 2.24) is 10.3 Å². The van der Waals surface area contributed by atoms with Gasteiger partial charge in [-0.3, -0.25) is 9.78 Å². The van der Waals surface area contributed by atoms with Gasteiger partial charge in [-0.1, -0.05) is 11.6 Å². The number of nitrogens with zero attached hydrogens (tertiary/aromatic N) is 1. The summed E-state index contributed by atoms with van der Waals surface area (Å²) in [5.74, 6) is 0.205. The molecule has 2 aromatic rings. The Hall–Kier alpha value is -2.80. The molecule has 132 valence electrons. The number of aromatic nitrogens is 1. The second-order valence-corrected chi connectivity index (χ2v) is 5.32. The quantitative estimate of drug-likeness (QED) is 0.822. The molecule has 0 fully saturated rings. The van der Waals surface area contributed by atoms with E-state index < -0.39 is 6.09 Å². The number of nitrogens with one attached hydrogen (secondary N) is 2. The van der Waals surface area contributed by atoms with Crippen LogP contribution >= 0.6 is 11.6 Å². The minimum absolute atomic E-state index is 0.161. The summed E-state index contributed by atoms with van der Waals surface area (Å²) in [5, 5.41) is 5.69. The van der Waals surface area contributed by atoms with E-state index in [1.54, 1.807) is 37.3 Å². The number of amides is 2. The molecule has 0 spiro atoms. The van der Waals surface area contributed by atoms with Gasteiger partial charge in [-0.15, -0.1) is 0 Å². The Morgan fingerprint density at radius 2 is 2.04 bits per heavy atom. The summed E-state index contributed by atoms with van der Waals surface area (Å²) in [6.45, 7) is 2.16. The molecule has 1 heterocycles. The largest absolute Gasteiger partial charge is 0.495 e. The number of halogens is 1. The van der Waals surface area contributed by atoms with Crippen LogP contribution in [0, 0.1) is 0 Å². The van der Waals surface area contributed by atoms with Gasteiger partial charge in [0, 0.05) is 17.4 Å². The van der Waals surface area contributed by atoms with Gasteiger partial charge in [0.05, 0.1) is 31.0 Å². The number of carbonyl (C=O) groups is 2. The molecule has 0 aliphatic carbocycles. The SMILES string of the molecule is CCOC(=O)NCc1cc(C(=O)Nc2ccc(OC)c(Cl)c2)ccn1. The van der Waals surface area contributed by atoms with E-state index in [2.05, 4.69) is 15.6 Å². The predicted octanol–water partition coefficient (Wildman–Crippen LogP) is 3.24. The van der Waals surface area contributed by atoms with Crippen LogP contribution in [0.15, 0.2) is 36.5 Å². The molecule has 0 unspecified atom stereocenters. The number of anilines is 1. The lowest BCUT2D eigenvalue weighted by atomic mass is 10.2. The van der Waals surface area contributed by atoms with Crippen molar-refractivity contribution in [2.45, 2.75) is 13.5 Å². The number of carbonyl (C=O) groups excluding carboxylic acids is 2. The first-order valence-electron chi connectivity index (χ1n) is 7.54. The van der Waals surface area contributed by atoms with E-state index in [-0.39, 0.29) is 19.1 Å². The third-order valence-corrected chi connectivity index (χ3v) is 3.47. The van der Waals surface area contributed by atoms with Gasteiger partial charge in [0.2, 0.25) is 0 Å². The Kier molecular flexibility index (Phi) is 6.59. The maximum absolute atomic E-state index is 12.3. The number of hydrogen-bond acceptors (Lipinski definition) is 5. The lowest BCUT2D eigenvalue weighted by Gasteiger charge is -2.09. The highest BCUT2D eigenvalue weighted by molar-refractivity contribution is 6.32. The Bertz CT molecular complexity index is 767. The maximum atomic E-state index is 12.3. The first kappa shape index (κ1) is 18.5. The summed E-state index contributed by atoms with van der Waals surface area (Å²) in [5.41, 5.74) is 1.48. The molecule has 2 amide bonds. The lowest BCUT2D eigenvalue weighted by molar-refractivity contribution is 0.102. The molecule has 2 N–H and O–H groups in total. The molecular formula is C17H18ClN3O4. The minimum atomic E-state index is -0.535. The number of benzene rings is 1. The summed E-state index contributed by atoms with van der Waals surface area (Å²) >= 11 is 6.04. The highest BCUT2D eigenvalue weighted by atomic mass is 35.5. The molecule has 0 saturated heterocycles. The Balaban J connectivity index is 2.03. The molecule has 2 rings (SSSR count). The van der Waals surface area contributed by atoms with Crippen molar-refractivity contribution in [2.75, 3.05) is 19.0 Å². The van der Waals surface area contributed by atoms with Crippen LogP contribution in [0.1, 0.15) is 23.0 Å². The third kappa shape index (κ3) is 5.36. The monoisotopic (exact) mass is 363 g/mol. The van der Waals surface area contributed by atoms with Crippen molar-refractivity contribution in [2.24, 2.45) is 0 Å². The normalized spacial score (nSPS) is 10.0. The van der Waals surface area contributed by atoms with Crippen LogP contribution in [-0.2, 0) is 11.3 Å². The summed E-state index contributed by atoms with van der Waals surface area (Å²) in [7, 11) is 1.52. The van der Waals surface area contributed by atoms with Gasteiger partial charge in [0.15, 0.2) is 0 Å². The van der Waals surface area contributed by atoms with Crippen molar-refractivity contribution in [3.63, 3.8) is 0 Å². The van der Waals surface area contributed by atoms with Crippen LogP contribution in [0.3, 0.4) is 0 Å². The van der Waals surface area contributed by atoms with Gasteiger partial charge < -0.3 is 20.1 Å². The fraction of sp³-hybridized carbons (Fsp3) is 0.235. The van der Waals surface area contributed by atoms with E-state index in [0.29, 0.717) is 27.7 Å². The van der Waals surface area contributed by atoms with Gasteiger partial charge >= 0.3 is 6.09 Å². The Morgan fingerprint density at radius 1 is 1.24 bits per heavy atom.